The molecule has 1 atom stereocenters. The fourth-order valence-corrected chi connectivity index (χ4v) is 2.56. The van der Waals surface area contributed by atoms with Gasteiger partial charge in [0.05, 0.1) is 0 Å². The third kappa shape index (κ3) is 2.97. The summed E-state index contributed by atoms with van der Waals surface area (Å²) in [5.41, 5.74) is 1.88. The van der Waals surface area contributed by atoms with Crippen molar-refractivity contribution < 1.29 is 4.39 Å². The minimum absolute atomic E-state index is 0.0678. The van der Waals surface area contributed by atoms with Gasteiger partial charge < -0.3 is 10.2 Å². The van der Waals surface area contributed by atoms with Gasteiger partial charge in [0.1, 0.15) is 5.82 Å². The van der Waals surface area contributed by atoms with Crippen molar-refractivity contribution >= 4 is 5.69 Å². The van der Waals surface area contributed by atoms with Crippen molar-refractivity contribution in [3.63, 3.8) is 0 Å². The fourth-order valence-electron chi connectivity index (χ4n) is 2.56. The molecule has 0 saturated carbocycles. The topological polar surface area (TPSA) is 15.3 Å². The smallest absolute Gasteiger partial charge is 0.128 e. The van der Waals surface area contributed by atoms with Crippen molar-refractivity contribution in [3.05, 3.63) is 29.6 Å². The Bertz CT molecular complexity index is 370. The first-order valence-corrected chi connectivity index (χ1v) is 6.34. The van der Waals surface area contributed by atoms with Gasteiger partial charge in [-0.25, -0.2) is 4.39 Å². The molecule has 2 nitrogen and oxygen atoms in total. The quantitative estimate of drug-likeness (QED) is 0.867. The predicted molar refractivity (Wildman–Crippen MR) is 70.0 cm³/mol. The number of rotatable bonds is 3. The second-order valence-electron chi connectivity index (χ2n) is 5.05. The molecule has 2 rings (SSSR count). The third-order valence-electron chi connectivity index (χ3n) is 3.47. The highest BCUT2D eigenvalue weighted by molar-refractivity contribution is 5.53. The maximum atomic E-state index is 13.9. The van der Waals surface area contributed by atoms with E-state index in [1.54, 1.807) is 12.1 Å². The zero-order valence-electron chi connectivity index (χ0n) is 10.7. The Labute approximate surface area is 103 Å². The lowest BCUT2D eigenvalue weighted by Crippen LogP contribution is -2.31. The normalized spacial score (nSPS) is 20.3. The van der Waals surface area contributed by atoms with Crippen LogP contribution in [0.1, 0.15) is 18.4 Å². The van der Waals surface area contributed by atoms with Crippen molar-refractivity contribution in [2.75, 3.05) is 32.1 Å². The molecule has 1 aliphatic heterocycles. The summed E-state index contributed by atoms with van der Waals surface area (Å²) >= 11 is 0. The van der Waals surface area contributed by atoms with E-state index in [0.29, 0.717) is 5.92 Å². The minimum Gasteiger partial charge on any atom is -0.377 e. The third-order valence-corrected chi connectivity index (χ3v) is 3.47. The maximum Gasteiger partial charge on any atom is 0.128 e. The lowest BCUT2D eigenvalue weighted by molar-refractivity contribution is 0.372. The molecule has 1 fully saturated rings. The van der Waals surface area contributed by atoms with Crippen LogP contribution < -0.4 is 10.2 Å². The van der Waals surface area contributed by atoms with Crippen molar-refractivity contribution in [1.82, 2.24) is 5.32 Å². The van der Waals surface area contributed by atoms with Crippen LogP contribution in [0.15, 0.2) is 18.2 Å². The zero-order valence-corrected chi connectivity index (χ0v) is 10.7. The van der Waals surface area contributed by atoms with Crippen LogP contribution in [-0.4, -0.2) is 27.2 Å². The molecule has 0 bridgehead atoms. The molecule has 1 aromatic carbocycles. The first-order valence-electron chi connectivity index (χ1n) is 6.34. The summed E-state index contributed by atoms with van der Waals surface area (Å²) < 4.78 is 13.9. The Hall–Kier alpha value is -1.09. The van der Waals surface area contributed by atoms with Gasteiger partial charge in [0.15, 0.2) is 0 Å². The Morgan fingerprint density at radius 1 is 1.41 bits per heavy atom. The second-order valence-corrected chi connectivity index (χ2v) is 5.05. The van der Waals surface area contributed by atoms with E-state index in [9.17, 15) is 4.39 Å². The van der Waals surface area contributed by atoms with Crippen LogP contribution in [0.25, 0.3) is 0 Å². The Morgan fingerprint density at radius 3 is 2.88 bits per heavy atom. The Morgan fingerprint density at radius 2 is 2.24 bits per heavy atom. The monoisotopic (exact) mass is 236 g/mol. The molecule has 1 saturated heterocycles. The molecule has 1 aromatic rings. The summed E-state index contributed by atoms with van der Waals surface area (Å²) in [4.78, 5) is 1.99. The Kier molecular flexibility index (Phi) is 4.00. The SMILES string of the molecule is CN(C)c1cccc(F)c1CC1CCCNC1. The van der Waals surface area contributed by atoms with Crippen molar-refractivity contribution in [3.8, 4) is 0 Å². The van der Waals surface area contributed by atoms with E-state index in [0.717, 1.165) is 30.8 Å². The van der Waals surface area contributed by atoms with Gasteiger partial charge in [-0.05, 0) is 50.4 Å². The van der Waals surface area contributed by atoms with Gasteiger partial charge in [-0.2, -0.15) is 0 Å². The molecular weight excluding hydrogens is 215 g/mol. The molecule has 1 heterocycles. The van der Waals surface area contributed by atoms with E-state index in [4.69, 9.17) is 0 Å². The summed E-state index contributed by atoms with van der Waals surface area (Å²) in [7, 11) is 3.94. The number of anilines is 1. The number of benzene rings is 1. The highest BCUT2D eigenvalue weighted by Crippen LogP contribution is 2.26. The fraction of sp³-hybridized carbons (Fsp3) is 0.571. The molecule has 0 aliphatic carbocycles. The van der Waals surface area contributed by atoms with E-state index in [1.807, 2.05) is 25.1 Å². The average molecular weight is 236 g/mol. The highest BCUT2D eigenvalue weighted by Gasteiger charge is 2.18. The molecule has 0 spiro atoms. The molecule has 1 unspecified atom stereocenters. The van der Waals surface area contributed by atoms with Crippen molar-refractivity contribution in [2.24, 2.45) is 5.92 Å². The van der Waals surface area contributed by atoms with Gasteiger partial charge in [0, 0.05) is 25.3 Å². The summed E-state index contributed by atoms with van der Waals surface area (Å²) in [6.45, 7) is 2.12. The van der Waals surface area contributed by atoms with Crippen LogP contribution in [0, 0.1) is 11.7 Å². The second kappa shape index (κ2) is 5.50. The van der Waals surface area contributed by atoms with Crippen LogP contribution in [0.3, 0.4) is 0 Å². The molecule has 17 heavy (non-hydrogen) atoms. The average Bonchev–Trinajstić information content (AvgIpc) is 2.33. The number of hydrogen-bond acceptors (Lipinski definition) is 2. The van der Waals surface area contributed by atoms with Crippen LogP contribution in [0.5, 0.6) is 0 Å². The van der Waals surface area contributed by atoms with Crippen molar-refractivity contribution in [1.29, 1.82) is 0 Å². The van der Waals surface area contributed by atoms with Gasteiger partial charge in [-0.15, -0.1) is 0 Å². The number of nitrogens with one attached hydrogen (secondary N) is 1. The van der Waals surface area contributed by atoms with Gasteiger partial charge in [0.25, 0.3) is 0 Å². The lowest BCUT2D eigenvalue weighted by atomic mass is 9.91. The van der Waals surface area contributed by atoms with Crippen LogP contribution in [0.4, 0.5) is 10.1 Å². The van der Waals surface area contributed by atoms with Crippen LogP contribution in [-0.2, 0) is 6.42 Å². The van der Waals surface area contributed by atoms with Gasteiger partial charge in [-0.1, -0.05) is 6.07 Å². The number of halogens is 1. The van der Waals surface area contributed by atoms with Crippen LogP contribution in [0.2, 0.25) is 0 Å². The maximum absolute atomic E-state index is 13.9. The van der Waals surface area contributed by atoms with E-state index in [1.165, 1.54) is 12.8 Å². The van der Waals surface area contributed by atoms with E-state index in [-0.39, 0.29) is 5.82 Å². The first-order chi connectivity index (χ1) is 8.18. The van der Waals surface area contributed by atoms with Crippen LogP contribution >= 0.6 is 0 Å². The van der Waals surface area contributed by atoms with Gasteiger partial charge in [-0.3, -0.25) is 0 Å². The summed E-state index contributed by atoms with van der Waals surface area (Å²) in [6.07, 6.45) is 3.25. The molecule has 0 aromatic heterocycles. The summed E-state index contributed by atoms with van der Waals surface area (Å²) in [5, 5.41) is 3.39. The van der Waals surface area contributed by atoms with E-state index in [2.05, 4.69) is 5.32 Å². The minimum atomic E-state index is -0.0678. The molecular formula is C14H21FN2. The summed E-state index contributed by atoms with van der Waals surface area (Å²) in [5.74, 6) is 0.501. The molecule has 0 amide bonds. The lowest BCUT2D eigenvalue weighted by Gasteiger charge is -2.25. The number of nitrogens with zero attached hydrogens (tertiary/aromatic N) is 1. The number of piperidine rings is 1. The Balaban J connectivity index is 2.18. The van der Waals surface area contributed by atoms with E-state index >= 15 is 0 Å². The first kappa shape index (κ1) is 12.4. The molecule has 1 aliphatic rings. The standard InChI is InChI=1S/C14H21FN2/c1-17(2)14-7-3-6-13(15)12(14)9-11-5-4-8-16-10-11/h3,6-7,11,16H,4-5,8-10H2,1-2H3. The molecule has 1 N–H and O–H groups in total. The molecule has 3 heteroatoms. The van der Waals surface area contributed by atoms with E-state index < -0.39 is 0 Å². The predicted octanol–water partition coefficient (Wildman–Crippen LogP) is 2.43. The van der Waals surface area contributed by atoms with Crippen molar-refractivity contribution in [2.45, 2.75) is 19.3 Å². The highest BCUT2D eigenvalue weighted by atomic mass is 19.1. The van der Waals surface area contributed by atoms with Gasteiger partial charge >= 0.3 is 0 Å². The largest absolute Gasteiger partial charge is 0.377 e. The van der Waals surface area contributed by atoms with Gasteiger partial charge in [0.2, 0.25) is 0 Å². The molecule has 94 valence electrons. The number of hydrogen-bond donors (Lipinski definition) is 1. The zero-order chi connectivity index (χ0) is 12.3. The summed E-state index contributed by atoms with van der Waals surface area (Å²) in [6, 6.07) is 5.35. The molecule has 0 radical (unpaired) electrons.